The maximum Gasteiger partial charge on any atom is 0.162 e. The lowest BCUT2D eigenvalue weighted by Crippen LogP contribution is -2.45. The molecule has 2 aromatic rings. The average Bonchev–Trinajstić information content (AvgIpc) is 2.95. The van der Waals surface area contributed by atoms with Crippen LogP contribution in [0.2, 0.25) is 0 Å². The molecular weight excluding hydrogens is 266 g/mol. The van der Waals surface area contributed by atoms with Gasteiger partial charge in [0.25, 0.3) is 0 Å². The molecule has 21 heavy (non-hydrogen) atoms. The van der Waals surface area contributed by atoms with Crippen LogP contribution in [0.25, 0.3) is 0 Å². The van der Waals surface area contributed by atoms with Gasteiger partial charge in [-0.2, -0.15) is 5.10 Å². The predicted molar refractivity (Wildman–Crippen MR) is 81.2 cm³/mol. The number of aromatic nitrogens is 2. The van der Waals surface area contributed by atoms with Crippen LogP contribution in [0.1, 0.15) is 19.4 Å². The standard InChI is InChI=1S/C16H21N3O2/c1-16(2)20-11-15(12-21-16)18-14-6-3-5-13(9-14)10-19-8-4-7-17-19/h3-9,15,18H,10-12H2,1-2H3. The van der Waals surface area contributed by atoms with Crippen molar-refractivity contribution >= 4 is 5.69 Å². The van der Waals surface area contributed by atoms with E-state index in [1.165, 1.54) is 5.56 Å². The van der Waals surface area contributed by atoms with Gasteiger partial charge in [0.2, 0.25) is 0 Å². The second-order valence-corrected chi connectivity index (χ2v) is 5.77. The van der Waals surface area contributed by atoms with Crippen LogP contribution in [0.15, 0.2) is 42.7 Å². The van der Waals surface area contributed by atoms with Crippen molar-refractivity contribution in [1.29, 1.82) is 0 Å². The summed E-state index contributed by atoms with van der Waals surface area (Å²) in [4.78, 5) is 0. The second-order valence-electron chi connectivity index (χ2n) is 5.77. The van der Waals surface area contributed by atoms with E-state index in [2.05, 4.69) is 34.7 Å². The Hall–Kier alpha value is -1.85. The first-order chi connectivity index (χ1) is 10.1. The third-order valence-electron chi connectivity index (χ3n) is 3.47. The molecule has 0 atom stereocenters. The zero-order valence-electron chi connectivity index (χ0n) is 12.5. The molecule has 0 saturated carbocycles. The maximum absolute atomic E-state index is 5.67. The van der Waals surface area contributed by atoms with Gasteiger partial charge in [0.05, 0.1) is 25.8 Å². The van der Waals surface area contributed by atoms with Crippen LogP contribution in [0, 0.1) is 0 Å². The first-order valence-corrected chi connectivity index (χ1v) is 7.21. The largest absolute Gasteiger partial charge is 0.378 e. The van der Waals surface area contributed by atoms with Crippen molar-refractivity contribution in [2.75, 3.05) is 18.5 Å². The van der Waals surface area contributed by atoms with Crippen LogP contribution < -0.4 is 5.32 Å². The first kappa shape index (κ1) is 14.1. The number of ether oxygens (including phenoxy) is 2. The Kier molecular flexibility index (Phi) is 3.94. The molecule has 5 nitrogen and oxygen atoms in total. The molecule has 3 rings (SSSR count). The van der Waals surface area contributed by atoms with Crippen LogP contribution in [0.5, 0.6) is 0 Å². The summed E-state index contributed by atoms with van der Waals surface area (Å²) < 4.78 is 13.2. The molecular formula is C16H21N3O2. The van der Waals surface area contributed by atoms with E-state index in [4.69, 9.17) is 9.47 Å². The molecule has 1 aromatic heterocycles. The van der Waals surface area contributed by atoms with Gasteiger partial charge < -0.3 is 14.8 Å². The van der Waals surface area contributed by atoms with E-state index in [9.17, 15) is 0 Å². The highest BCUT2D eigenvalue weighted by molar-refractivity contribution is 5.46. The summed E-state index contributed by atoms with van der Waals surface area (Å²) >= 11 is 0. The summed E-state index contributed by atoms with van der Waals surface area (Å²) in [6.45, 7) is 5.95. The van der Waals surface area contributed by atoms with Crippen molar-refractivity contribution in [3.8, 4) is 0 Å². The van der Waals surface area contributed by atoms with Crippen molar-refractivity contribution in [2.45, 2.75) is 32.2 Å². The van der Waals surface area contributed by atoms with Gasteiger partial charge in [-0.15, -0.1) is 0 Å². The number of rotatable bonds is 4. The van der Waals surface area contributed by atoms with Crippen LogP contribution in [-0.2, 0) is 16.0 Å². The predicted octanol–water partition coefficient (Wildman–Crippen LogP) is 2.49. The van der Waals surface area contributed by atoms with E-state index in [0.29, 0.717) is 13.2 Å². The second kappa shape index (κ2) is 5.87. The Morgan fingerprint density at radius 3 is 2.81 bits per heavy atom. The Bertz CT molecular complexity index is 571. The average molecular weight is 287 g/mol. The molecule has 2 heterocycles. The third kappa shape index (κ3) is 3.83. The van der Waals surface area contributed by atoms with E-state index in [-0.39, 0.29) is 6.04 Å². The summed E-state index contributed by atoms with van der Waals surface area (Å²) in [6, 6.07) is 10.5. The van der Waals surface area contributed by atoms with Crippen LogP contribution in [0.3, 0.4) is 0 Å². The number of hydrogen-bond donors (Lipinski definition) is 1. The Morgan fingerprint density at radius 2 is 2.10 bits per heavy atom. The maximum atomic E-state index is 5.67. The van der Waals surface area contributed by atoms with E-state index in [1.54, 1.807) is 6.20 Å². The van der Waals surface area contributed by atoms with Gasteiger partial charge in [0.1, 0.15) is 0 Å². The lowest BCUT2D eigenvalue weighted by Gasteiger charge is -2.35. The monoisotopic (exact) mass is 287 g/mol. The normalized spacial score (nSPS) is 18.6. The number of benzene rings is 1. The molecule has 5 heteroatoms. The highest BCUT2D eigenvalue weighted by Crippen LogP contribution is 2.20. The van der Waals surface area contributed by atoms with Gasteiger partial charge >= 0.3 is 0 Å². The Morgan fingerprint density at radius 1 is 1.29 bits per heavy atom. The summed E-state index contributed by atoms with van der Waals surface area (Å²) in [5, 5.41) is 7.69. The molecule has 1 aliphatic heterocycles. The van der Waals surface area contributed by atoms with Gasteiger partial charge in [-0.3, -0.25) is 4.68 Å². The number of nitrogens with zero attached hydrogens (tertiary/aromatic N) is 2. The smallest absolute Gasteiger partial charge is 0.162 e. The van der Waals surface area contributed by atoms with Crippen LogP contribution >= 0.6 is 0 Å². The van der Waals surface area contributed by atoms with Crippen molar-refractivity contribution in [2.24, 2.45) is 0 Å². The minimum absolute atomic E-state index is 0.179. The molecule has 0 bridgehead atoms. The Balaban J connectivity index is 1.61. The van der Waals surface area contributed by atoms with Gasteiger partial charge in [-0.05, 0) is 37.6 Å². The van der Waals surface area contributed by atoms with E-state index in [1.807, 2.05) is 30.8 Å². The van der Waals surface area contributed by atoms with Crippen molar-refractivity contribution in [3.63, 3.8) is 0 Å². The summed E-state index contributed by atoms with van der Waals surface area (Å²) in [7, 11) is 0. The van der Waals surface area contributed by atoms with Crippen molar-refractivity contribution in [1.82, 2.24) is 9.78 Å². The molecule has 1 fully saturated rings. The zero-order valence-corrected chi connectivity index (χ0v) is 12.5. The van der Waals surface area contributed by atoms with Crippen LogP contribution in [0.4, 0.5) is 5.69 Å². The summed E-state index contributed by atoms with van der Waals surface area (Å²) in [5.74, 6) is -0.472. The number of anilines is 1. The topological polar surface area (TPSA) is 48.3 Å². The highest BCUT2D eigenvalue weighted by Gasteiger charge is 2.28. The van der Waals surface area contributed by atoms with E-state index >= 15 is 0 Å². The SMILES string of the molecule is CC1(C)OCC(Nc2cccc(Cn3cccn3)c2)CO1. The van der Waals surface area contributed by atoms with Gasteiger partial charge in [0, 0.05) is 18.1 Å². The molecule has 1 aromatic carbocycles. The molecule has 1 saturated heterocycles. The van der Waals surface area contributed by atoms with Crippen molar-refractivity contribution < 1.29 is 9.47 Å². The van der Waals surface area contributed by atoms with E-state index < -0.39 is 5.79 Å². The molecule has 0 unspecified atom stereocenters. The minimum atomic E-state index is -0.472. The summed E-state index contributed by atoms with van der Waals surface area (Å²) in [5.41, 5.74) is 2.29. The quantitative estimate of drug-likeness (QED) is 0.938. The fourth-order valence-corrected chi connectivity index (χ4v) is 2.35. The Labute approximate surface area is 124 Å². The van der Waals surface area contributed by atoms with Gasteiger partial charge in [-0.1, -0.05) is 12.1 Å². The lowest BCUT2D eigenvalue weighted by atomic mass is 10.2. The molecule has 112 valence electrons. The fraction of sp³-hybridized carbons (Fsp3) is 0.438. The molecule has 0 amide bonds. The van der Waals surface area contributed by atoms with Gasteiger partial charge in [0.15, 0.2) is 5.79 Å². The van der Waals surface area contributed by atoms with Crippen LogP contribution in [-0.4, -0.2) is 34.8 Å². The lowest BCUT2D eigenvalue weighted by molar-refractivity contribution is -0.247. The molecule has 0 spiro atoms. The van der Waals surface area contributed by atoms with E-state index in [0.717, 1.165) is 12.2 Å². The minimum Gasteiger partial charge on any atom is -0.378 e. The highest BCUT2D eigenvalue weighted by atomic mass is 16.7. The third-order valence-corrected chi connectivity index (χ3v) is 3.47. The first-order valence-electron chi connectivity index (χ1n) is 7.21. The van der Waals surface area contributed by atoms with Crippen molar-refractivity contribution in [3.05, 3.63) is 48.3 Å². The molecule has 1 N–H and O–H groups in total. The summed E-state index contributed by atoms with van der Waals surface area (Å²) in [6.07, 6.45) is 3.76. The number of nitrogens with one attached hydrogen (secondary N) is 1. The number of hydrogen-bond acceptors (Lipinski definition) is 4. The van der Waals surface area contributed by atoms with Gasteiger partial charge in [-0.25, -0.2) is 0 Å². The molecule has 0 radical (unpaired) electrons. The molecule has 1 aliphatic rings. The fourth-order valence-electron chi connectivity index (χ4n) is 2.35. The molecule has 0 aliphatic carbocycles. The zero-order chi connectivity index (χ0) is 14.7.